The van der Waals surface area contributed by atoms with Crippen LogP contribution in [0, 0.1) is 0 Å². The molecule has 0 radical (unpaired) electrons. The lowest BCUT2D eigenvalue weighted by Crippen LogP contribution is -1.94. The molecule has 0 saturated carbocycles. The predicted molar refractivity (Wildman–Crippen MR) is 44.6 cm³/mol. The van der Waals surface area contributed by atoms with Gasteiger partial charge in [-0.1, -0.05) is 6.58 Å². The Labute approximate surface area is 75.2 Å². The van der Waals surface area contributed by atoms with Gasteiger partial charge < -0.3 is 9.84 Å². The van der Waals surface area contributed by atoms with Gasteiger partial charge in [-0.15, -0.1) is 4.36 Å². The Hall–Kier alpha value is -1.30. The number of ether oxygens (including phenoxy) is 1. The molecular formula is C6H9NO4S. The number of aliphatic carboxylic acids is 1. The molecule has 0 aliphatic rings. The molecule has 6 heteroatoms. The van der Waals surface area contributed by atoms with E-state index in [1.54, 1.807) is 6.92 Å². The number of amides is 1. The van der Waals surface area contributed by atoms with Crippen molar-refractivity contribution in [2.45, 2.75) is 6.92 Å². The van der Waals surface area contributed by atoms with Crippen LogP contribution in [-0.4, -0.2) is 23.8 Å². The molecule has 0 saturated heterocycles. The molecule has 12 heavy (non-hydrogen) atoms. The van der Waals surface area contributed by atoms with Gasteiger partial charge in [0.25, 0.3) is 0 Å². The summed E-state index contributed by atoms with van der Waals surface area (Å²) >= 11 is 3.99. The van der Waals surface area contributed by atoms with E-state index in [1.165, 1.54) is 0 Å². The summed E-state index contributed by atoms with van der Waals surface area (Å²) in [6, 6.07) is 0. The van der Waals surface area contributed by atoms with Gasteiger partial charge in [-0.2, -0.15) is 0 Å². The standard InChI is InChI=1S/C3H5NO2S.C3H4O2/c1-2-6-3(5)4-7;1-2-3(4)5/h2H2,1H3;2H,1H2,(H,4,5). The third-order valence-electron chi connectivity index (χ3n) is 0.517. The fourth-order valence-corrected chi connectivity index (χ4v) is 0.203. The van der Waals surface area contributed by atoms with Crippen molar-refractivity contribution in [2.24, 2.45) is 4.36 Å². The van der Waals surface area contributed by atoms with Crippen LogP contribution in [0.15, 0.2) is 17.0 Å². The molecule has 68 valence electrons. The van der Waals surface area contributed by atoms with Crippen molar-refractivity contribution >= 4 is 24.5 Å². The van der Waals surface area contributed by atoms with Gasteiger partial charge in [0.05, 0.1) is 6.61 Å². The number of nitrogens with zero attached hydrogens (tertiary/aromatic N) is 1. The lowest BCUT2D eigenvalue weighted by Gasteiger charge is -1.88. The van der Waals surface area contributed by atoms with E-state index in [-0.39, 0.29) is 0 Å². The summed E-state index contributed by atoms with van der Waals surface area (Å²) in [6.45, 7) is 4.99. The zero-order valence-electron chi connectivity index (χ0n) is 6.52. The first-order valence-electron chi connectivity index (χ1n) is 2.93. The molecule has 0 atom stereocenters. The molecule has 0 aliphatic carbocycles. The van der Waals surface area contributed by atoms with Gasteiger partial charge in [0, 0.05) is 18.5 Å². The van der Waals surface area contributed by atoms with Crippen molar-refractivity contribution in [2.75, 3.05) is 6.61 Å². The Morgan fingerprint density at radius 2 is 2.17 bits per heavy atom. The van der Waals surface area contributed by atoms with Crippen LogP contribution >= 0.6 is 0 Å². The summed E-state index contributed by atoms with van der Waals surface area (Å²) in [5.74, 6) is -0.981. The Kier molecular flexibility index (Phi) is 10.8. The first kappa shape index (κ1) is 13.3. The van der Waals surface area contributed by atoms with Crippen molar-refractivity contribution in [3.05, 3.63) is 12.7 Å². The molecule has 5 nitrogen and oxygen atoms in total. The second-order valence-electron chi connectivity index (χ2n) is 1.33. The molecule has 0 heterocycles. The minimum atomic E-state index is -0.981. The van der Waals surface area contributed by atoms with Crippen LogP contribution in [0.25, 0.3) is 0 Å². The highest BCUT2D eigenvalue weighted by Gasteiger charge is 1.90. The van der Waals surface area contributed by atoms with Gasteiger partial charge >= 0.3 is 12.1 Å². The smallest absolute Gasteiger partial charge is 0.445 e. The number of rotatable bonds is 2. The average Bonchev–Trinajstić information content (AvgIpc) is 2.06. The molecule has 0 fully saturated rings. The minimum absolute atomic E-state index is 0.332. The van der Waals surface area contributed by atoms with Crippen molar-refractivity contribution in [3.8, 4) is 0 Å². The van der Waals surface area contributed by atoms with E-state index in [9.17, 15) is 9.59 Å². The van der Waals surface area contributed by atoms with Crippen molar-refractivity contribution in [1.82, 2.24) is 0 Å². The molecule has 1 N–H and O–H groups in total. The second kappa shape index (κ2) is 9.70. The lowest BCUT2D eigenvalue weighted by molar-refractivity contribution is -0.131. The van der Waals surface area contributed by atoms with Gasteiger partial charge in [-0.05, 0) is 6.92 Å². The van der Waals surface area contributed by atoms with Crippen LogP contribution < -0.4 is 0 Å². The maximum Gasteiger partial charge on any atom is 0.445 e. The van der Waals surface area contributed by atoms with Gasteiger partial charge in [0.15, 0.2) is 0 Å². The molecule has 1 amide bonds. The molecule has 0 unspecified atom stereocenters. The molecular weight excluding hydrogens is 182 g/mol. The first-order valence-corrected chi connectivity index (χ1v) is 3.30. The summed E-state index contributed by atoms with van der Waals surface area (Å²) in [5, 5.41) is 7.60. The Morgan fingerprint density at radius 1 is 1.75 bits per heavy atom. The van der Waals surface area contributed by atoms with Crippen LogP contribution in [0.4, 0.5) is 4.79 Å². The summed E-state index contributed by atoms with van der Waals surface area (Å²) in [5.41, 5.74) is 0. The van der Waals surface area contributed by atoms with Crippen LogP contribution in [0.2, 0.25) is 0 Å². The van der Waals surface area contributed by atoms with Crippen molar-refractivity contribution in [1.29, 1.82) is 0 Å². The first-order chi connectivity index (χ1) is 5.58. The number of carbonyl (C=O) groups is 2. The third kappa shape index (κ3) is 15.9. The number of carboxylic acids is 1. The lowest BCUT2D eigenvalue weighted by atomic mass is 10.7. The van der Waals surface area contributed by atoms with Gasteiger partial charge in [-0.25, -0.2) is 9.59 Å². The van der Waals surface area contributed by atoms with Crippen LogP contribution in [0.1, 0.15) is 6.92 Å². The van der Waals surface area contributed by atoms with Crippen LogP contribution in [-0.2, 0) is 22.0 Å². The number of carboxylic acid groups (broad SMARTS) is 1. The van der Waals surface area contributed by atoms with E-state index in [0.29, 0.717) is 6.61 Å². The third-order valence-corrected chi connectivity index (χ3v) is 0.666. The number of hydrogen-bond acceptors (Lipinski definition) is 4. The molecule has 0 aromatic carbocycles. The van der Waals surface area contributed by atoms with Crippen LogP contribution in [0.3, 0.4) is 0 Å². The van der Waals surface area contributed by atoms with Gasteiger partial charge in [0.2, 0.25) is 0 Å². The van der Waals surface area contributed by atoms with E-state index in [0.717, 1.165) is 6.08 Å². The van der Waals surface area contributed by atoms with E-state index in [1.807, 2.05) is 0 Å². The van der Waals surface area contributed by atoms with Crippen molar-refractivity contribution in [3.63, 3.8) is 0 Å². The van der Waals surface area contributed by atoms with Crippen LogP contribution in [0.5, 0.6) is 0 Å². The average molecular weight is 191 g/mol. The quantitative estimate of drug-likeness (QED) is 0.662. The highest BCUT2D eigenvalue weighted by Crippen LogP contribution is 1.78. The topological polar surface area (TPSA) is 76.0 Å². The van der Waals surface area contributed by atoms with E-state index in [2.05, 4.69) is 28.1 Å². The molecule has 0 aromatic heterocycles. The summed E-state index contributed by atoms with van der Waals surface area (Å²) < 4.78 is 7.08. The Morgan fingerprint density at radius 3 is 2.25 bits per heavy atom. The predicted octanol–water partition coefficient (Wildman–Crippen LogP) is 1.13. The van der Waals surface area contributed by atoms with Crippen molar-refractivity contribution < 1.29 is 19.4 Å². The Bertz CT molecular complexity index is 180. The zero-order valence-corrected chi connectivity index (χ0v) is 7.34. The van der Waals surface area contributed by atoms with E-state index >= 15 is 0 Å². The minimum Gasteiger partial charge on any atom is -0.478 e. The molecule has 0 spiro atoms. The highest BCUT2D eigenvalue weighted by atomic mass is 32.1. The zero-order chi connectivity index (χ0) is 9.98. The fourth-order valence-electron chi connectivity index (χ4n) is 0.150. The SMILES string of the molecule is C=CC(=O)O.CCOC(=O)N=S. The maximum atomic E-state index is 9.92. The number of hydrogen-bond donors (Lipinski definition) is 1. The molecule has 0 aliphatic heterocycles. The number of carbonyl (C=O) groups excluding carboxylic acids is 1. The highest BCUT2D eigenvalue weighted by molar-refractivity contribution is 7.47. The summed E-state index contributed by atoms with van der Waals surface area (Å²) in [7, 11) is 0. The second-order valence-corrected chi connectivity index (χ2v) is 1.52. The maximum absolute atomic E-state index is 9.92. The molecule has 0 aromatic rings. The largest absolute Gasteiger partial charge is 0.478 e. The Balaban J connectivity index is 0. The molecule has 0 bridgehead atoms. The summed E-state index contributed by atoms with van der Waals surface area (Å²) in [4.78, 5) is 19.2. The monoisotopic (exact) mass is 191 g/mol. The van der Waals surface area contributed by atoms with Gasteiger partial charge in [-0.3, -0.25) is 0 Å². The van der Waals surface area contributed by atoms with E-state index in [4.69, 9.17) is 5.11 Å². The summed E-state index contributed by atoms with van der Waals surface area (Å²) in [6.07, 6.45) is 0.150. The molecule has 0 rings (SSSR count). The normalized spacial score (nSPS) is 7.08. The van der Waals surface area contributed by atoms with Gasteiger partial charge in [0.1, 0.15) is 0 Å². The van der Waals surface area contributed by atoms with E-state index < -0.39 is 12.1 Å². The fraction of sp³-hybridized carbons (Fsp3) is 0.333.